The molecule has 0 heterocycles. The summed E-state index contributed by atoms with van der Waals surface area (Å²) in [6, 6.07) is 0. The Morgan fingerprint density at radius 2 is 0.900 bits per heavy atom. The van der Waals surface area contributed by atoms with Crippen molar-refractivity contribution in [3.8, 4) is 0 Å². The van der Waals surface area contributed by atoms with Gasteiger partial charge in [0, 0.05) is 24.3 Å². The molecule has 0 amide bonds. The van der Waals surface area contributed by atoms with Crippen LogP contribution >= 0.6 is 0 Å². The second-order valence-electron chi connectivity index (χ2n) is 2.81. The minimum atomic E-state index is -1.26. The smallest absolute Gasteiger partial charge is 0.328 e. The maximum Gasteiger partial charge on any atom is 0.328 e. The summed E-state index contributed by atoms with van der Waals surface area (Å²) in [4.78, 5) is 38.2. The molecular formula is C11H17NO8. The van der Waals surface area contributed by atoms with Gasteiger partial charge in [-0.2, -0.15) is 0 Å². The summed E-state index contributed by atoms with van der Waals surface area (Å²) in [5.74, 6) is -5.03. The number of aliphatic carboxylic acids is 4. The predicted molar refractivity (Wildman–Crippen MR) is 68.2 cm³/mol. The molecule has 0 aliphatic heterocycles. The molecule has 0 radical (unpaired) electrons. The first kappa shape index (κ1) is 22.5. The molecule has 0 spiro atoms. The maximum atomic E-state index is 9.55. The zero-order chi connectivity index (χ0) is 16.6. The normalized spacial score (nSPS) is 9.10. The molecule has 0 bridgehead atoms. The highest BCUT2D eigenvalue weighted by Crippen LogP contribution is 1.71. The first-order valence-corrected chi connectivity index (χ1v) is 5.15. The van der Waals surface area contributed by atoms with E-state index in [2.05, 4.69) is 6.92 Å². The van der Waals surface area contributed by atoms with Crippen molar-refractivity contribution in [3.05, 3.63) is 24.3 Å². The lowest BCUT2D eigenvalue weighted by Gasteiger charge is -1.74. The van der Waals surface area contributed by atoms with Crippen LogP contribution in [0.15, 0.2) is 24.3 Å². The lowest BCUT2D eigenvalue weighted by atomic mass is 10.5. The second-order valence-corrected chi connectivity index (χ2v) is 2.81. The average Bonchev–Trinajstić information content (AvgIpc) is 2.35. The van der Waals surface area contributed by atoms with E-state index in [1.54, 1.807) is 0 Å². The van der Waals surface area contributed by atoms with E-state index in [9.17, 15) is 19.2 Å². The van der Waals surface area contributed by atoms with E-state index < -0.39 is 23.9 Å². The van der Waals surface area contributed by atoms with E-state index in [0.29, 0.717) is 24.3 Å². The molecule has 0 atom stereocenters. The molecule has 0 rings (SSSR count). The van der Waals surface area contributed by atoms with Gasteiger partial charge >= 0.3 is 23.9 Å². The number of carboxylic acid groups (broad SMARTS) is 4. The van der Waals surface area contributed by atoms with E-state index in [1.807, 2.05) is 0 Å². The molecule has 9 heteroatoms. The summed E-state index contributed by atoms with van der Waals surface area (Å²) >= 11 is 0. The molecule has 0 aromatic carbocycles. The van der Waals surface area contributed by atoms with Crippen LogP contribution < -0.4 is 5.73 Å². The average molecular weight is 291 g/mol. The van der Waals surface area contributed by atoms with Crippen LogP contribution in [0.2, 0.25) is 0 Å². The zero-order valence-electron chi connectivity index (χ0n) is 10.7. The monoisotopic (exact) mass is 291 g/mol. The number of hydrogen-bond acceptors (Lipinski definition) is 5. The Kier molecular flexibility index (Phi) is 18.4. The largest absolute Gasteiger partial charge is 0.478 e. The van der Waals surface area contributed by atoms with E-state index in [-0.39, 0.29) is 0 Å². The van der Waals surface area contributed by atoms with Crippen molar-refractivity contribution in [2.45, 2.75) is 13.3 Å². The highest BCUT2D eigenvalue weighted by atomic mass is 16.4. The van der Waals surface area contributed by atoms with Gasteiger partial charge in [-0.05, 0) is 13.0 Å². The topological polar surface area (TPSA) is 175 Å². The van der Waals surface area contributed by atoms with Crippen LogP contribution in [0.4, 0.5) is 0 Å². The third-order valence-electron chi connectivity index (χ3n) is 1.03. The minimum Gasteiger partial charge on any atom is -0.478 e. The summed E-state index contributed by atoms with van der Waals surface area (Å²) in [5.41, 5.74) is 5.03. The Morgan fingerprint density at radius 3 is 0.950 bits per heavy atom. The van der Waals surface area contributed by atoms with Gasteiger partial charge in [0.15, 0.2) is 0 Å². The van der Waals surface area contributed by atoms with Gasteiger partial charge in [-0.25, -0.2) is 19.2 Å². The first-order chi connectivity index (χ1) is 9.17. The van der Waals surface area contributed by atoms with Gasteiger partial charge in [-0.1, -0.05) is 6.92 Å². The Balaban J connectivity index is -0.000000230. The maximum absolute atomic E-state index is 9.55. The Labute approximate surface area is 114 Å². The number of rotatable bonds is 5. The molecule has 0 saturated heterocycles. The summed E-state index contributed by atoms with van der Waals surface area (Å²) in [6.45, 7) is 2.88. The third-order valence-corrected chi connectivity index (χ3v) is 1.03. The molecule has 0 aliphatic rings. The fourth-order valence-electron chi connectivity index (χ4n) is 0.285. The summed E-state index contributed by atoms with van der Waals surface area (Å²) < 4.78 is 0. The second kappa shape index (κ2) is 16.3. The van der Waals surface area contributed by atoms with Crippen molar-refractivity contribution >= 4 is 23.9 Å². The Hall–Kier alpha value is -2.68. The number of hydrogen-bond donors (Lipinski definition) is 5. The van der Waals surface area contributed by atoms with Crippen molar-refractivity contribution in [2.24, 2.45) is 5.73 Å². The van der Waals surface area contributed by atoms with Gasteiger partial charge < -0.3 is 26.2 Å². The van der Waals surface area contributed by atoms with E-state index >= 15 is 0 Å². The highest BCUT2D eigenvalue weighted by molar-refractivity contribution is 5.90. The molecule has 20 heavy (non-hydrogen) atoms. The van der Waals surface area contributed by atoms with Crippen molar-refractivity contribution in [1.82, 2.24) is 0 Å². The minimum absolute atomic E-state index is 0.558. The number of nitrogens with two attached hydrogens (primary N) is 1. The quantitative estimate of drug-likeness (QED) is 0.428. The Morgan fingerprint density at radius 1 is 0.750 bits per heavy atom. The molecular weight excluding hydrogens is 274 g/mol. The standard InChI is InChI=1S/2C4H4O4.C3H9N/c2*5-3(6)1-2-4(7)8;1-2-3-4/h2*1-2H,(H,5,6)(H,7,8);2-4H2,1H3/b2*2-1-;. The van der Waals surface area contributed by atoms with Crippen molar-refractivity contribution in [2.75, 3.05) is 6.54 Å². The molecule has 9 nitrogen and oxygen atoms in total. The van der Waals surface area contributed by atoms with Gasteiger partial charge in [-0.15, -0.1) is 0 Å². The fourth-order valence-corrected chi connectivity index (χ4v) is 0.285. The lowest BCUT2D eigenvalue weighted by molar-refractivity contribution is -0.134. The summed E-state index contributed by atoms with van der Waals surface area (Å²) in [5, 5.41) is 31.2. The summed E-state index contributed by atoms with van der Waals surface area (Å²) in [7, 11) is 0. The van der Waals surface area contributed by atoms with Crippen LogP contribution in [0.25, 0.3) is 0 Å². The number of carbonyl (C=O) groups is 4. The van der Waals surface area contributed by atoms with Gasteiger partial charge in [0.2, 0.25) is 0 Å². The number of carboxylic acids is 4. The SMILES string of the molecule is CCCN.O=C(O)/C=C\C(=O)O.O=C(O)/C=C\C(=O)O. The predicted octanol–water partition coefficient (Wildman–Crippen LogP) is -0.221. The van der Waals surface area contributed by atoms with E-state index in [0.717, 1.165) is 13.0 Å². The van der Waals surface area contributed by atoms with Gasteiger partial charge in [-0.3, -0.25) is 0 Å². The van der Waals surface area contributed by atoms with Crippen LogP contribution in [-0.2, 0) is 19.2 Å². The van der Waals surface area contributed by atoms with Crippen molar-refractivity contribution < 1.29 is 39.6 Å². The fraction of sp³-hybridized carbons (Fsp3) is 0.273. The molecule has 0 fully saturated rings. The van der Waals surface area contributed by atoms with Crippen molar-refractivity contribution in [3.63, 3.8) is 0 Å². The van der Waals surface area contributed by atoms with E-state index in [4.69, 9.17) is 26.2 Å². The Bertz CT molecular complexity index is 305. The zero-order valence-corrected chi connectivity index (χ0v) is 10.7. The van der Waals surface area contributed by atoms with Crippen molar-refractivity contribution in [1.29, 1.82) is 0 Å². The molecule has 0 aromatic rings. The van der Waals surface area contributed by atoms with Crippen LogP contribution in [0.5, 0.6) is 0 Å². The lowest BCUT2D eigenvalue weighted by Crippen LogP contribution is -1.93. The van der Waals surface area contributed by atoms with Gasteiger partial charge in [0.1, 0.15) is 0 Å². The first-order valence-electron chi connectivity index (χ1n) is 5.15. The molecule has 0 unspecified atom stereocenters. The van der Waals surface area contributed by atoms with Crippen LogP contribution in [0, 0.1) is 0 Å². The van der Waals surface area contributed by atoms with Crippen LogP contribution in [-0.4, -0.2) is 50.8 Å². The molecule has 6 N–H and O–H groups in total. The van der Waals surface area contributed by atoms with Crippen LogP contribution in [0.3, 0.4) is 0 Å². The third kappa shape index (κ3) is 45.4. The molecule has 114 valence electrons. The highest BCUT2D eigenvalue weighted by Gasteiger charge is 1.88. The van der Waals surface area contributed by atoms with Gasteiger partial charge in [0.05, 0.1) is 0 Å². The van der Waals surface area contributed by atoms with Gasteiger partial charge in [0.25, 0.3) is 0 Å². The summed E-state index contributed by atoms with van der Waals surface area (Å²) in [6.07, 6.45) is 3.33. The van der Waals surface area contributed by atoms with Crippen LogP contribution in [0.1, 0.15) is 13.3 Å². The molecule has 0 aliphatic carbocycles. The van der Waals surface area contributed by atoms with E-state index in [1.165, 1.54) is 0 Å². The molecule has 0 saturated carbocycles. The molecule has 0 aromatic heterocycles.